The molecule has 2 rings (SSSR count). The zero-order chi connectivity index (χ0) is 16.1. The summed E-state index contributed by atoms with van der Waals surface area (Å²) in [5, 5.41) is 8.88. The van der Waals surface area contributed by atoms with Crippen LogP contribution in [0.3, 0.4) is 0 Å². The van der Waals surface area contributed by atoms with Gasteiger partial charge in [0.2, 0.25) is 0 Å². The van der Waals surface area contributed by atoms with Crippen LogP contribution in [0.1, 0.15) is 27.6 Å². The average Bonchev–Trinajstić information content (AvgIpc) is 2.48. The van der Waals surface area contributed by atoms with Crippen molar-refractivity contribution in [3.8, 4) is 0 Å². The van der Waals surface area contributed by atoms with Crippen molar-refractivity contribution in [2.45, 2.75) is 16.7 Å². The van der Waals surface area contributed by atoms with E-state index in [4.69, 9.17) is 9.84 Å². The van der Waals surface area contributed by atoms with Crippen LogP contribution in [-0.4, -0.2) is 23.7 Å². The molecule has 0 aliphatic heterocycles. The third-order valence-corrected chi connectivity index (χ3v) is 4.66. The minimum absolute atomic E-state index is 0.261. The first-order valence-corrected chi connectivity index (χ1v) is 8.38. The van der Waals surface area contributed by atoms with Crippen molar-refractivity contribution in [1.82, 2.24) is 0 Å². The Balaban J connectivity index is 2.15. The van der Waals surface area contributed by atoms with E-state index in [1.54, 1.807) is 37.3 Å². The summed E-state index contributed by atoms with van der Waals surface area (Å²) in [7, 11) is 0. The number of halogens is 1. The van der Waals surface area contributed by atoms with Gasteiger partial charge in [-0.3, -0.25) is 0 Å². The smallest absolute Gasteiger partial charge is 0.339 e. The van der Waals surface area contributed by atoms with Gasteiger partial charge in [-0.25, -0.2) is 9.59 Å². The number of benzene rings is 2. The molecule has 0 saturated carbocycles. The molecular formula is C16H13IO4S. The van der Waals surface area contributed by atoms with Gasteiger partial charge in [0.25, 0.3) is 0 Å². The highest BCUT2D eigenvalue weighted by Crippen LogP contribution is 2.30. The van der Waals surface area contributed by atoms with E-state index in [9.17, 15) is 9.59 Å². The first kappa shape index (κ1) is 16.8. The molecule has 6 heteroatoms. The Hall–Kier alpha value is -1.54. The topological polar surface area (TPSA) is 63.6 Å². The molecule has 0 bridgehead atoms. The Kier molecular flexibility index (Phi) is 5.84. The van der Waals surface area contributed by atoms with Crippen LogP contribution in [0.2, 0.25) is 0 Å². The highest BCUT2D eigenvalue weighted by molar-refractivity contribution is 14.1. The second-order valence-corrected chi connectivity index (χ2v) is 6.60. The quantitative estimate of drug-likeness (QED) is 0.568. The fourth-order valence-corrected chi connectivity index (χ4v) is 3.54. The van der Waals surface area contributed by atoms with Gasteiger partial charge in [-0.2, -0.15) is 0 Å². The molecule has 4 nitrogen and oxygen atoms in total. The van der Waals surface area contributed by atoms with Crippen molar-refractivity contribution in [1.29, 1.82) is 0 Å². The highest BCUT2D eigenvalue weighted by Gasteiger charge is 2.12. The number of ether oxygens (including phenoxy) is 1. The summed E-state index contributed by atoms with van der Waals surface area (Å²) in [6.07, 6.45) is 0. The second-order valence-electron chi connectivity index (χ2n) is 4.29. The van der Waals surface area contributed by atoms with Crippen LogP contribution >= 0.6 is 34.4 Å². The molecule has 22 heavy (non-hydrogen) atoms. The number of hydrogen-bond donors (Lipinski definition) is 1. The minimum atomic E-state index is -0.940. The van der Waals surface area contributed by atoms with Crippen LogP contribution in [0, 0.1) is 3.57 Å². The molecule has 0 unspecified atom stereocenters. The Morgan fingerprint density at radius 1 is 1.14 bits per heavy atom. The van der Waals surface area contributed by atoms with Crippen molar-refractivity contribution in [3.63, 3.8) is 0 Å². The van der Waals surface area contributed by atoms with Crippen molar-refractivity contribution < 1.29 is 19.4 Å². The van der Waals surface area contributed by atoms with Gasteiger partial charge in [0.1, 0.15) is 0 Å². The zero-order valence-corrected chi connectivity index (χ0v) is 14.7. The van der Waals surface area contributed by atoms with Crippen molar-refractivity contribution >= 4 is 46.3 Å². The molecule has 114 valence electrons. The summed E-state index contributed by atoms with van der Waals surface area (Å²) in [4.78, 5) is 24.5. The number of esters is 1. The first-order chi connectivity index (χ1) is 10.5. The standard InChI is InChI=1S/C16H13IO4S/c1-2-21-16(20)13-8-7-12(9-14(13)17)22-11-5-3-10(4-6-11)15(18)19/h3-9H,2H2,1H3,(H,18,19). The van der Waals surface area contributed by atoms with E-state index < -0.39 is 5.97 Å². The van der Waals surface area contributed by atoms with Crippen LogP contribution in [-0.2, 0) is 4.74 Å². The lowest BCUT2D eigenvalue weighted by Gasteiger charge is -2.07. The van der Waals surface area contributed by atoms with Crippen molar-refractivity contribution in [2.75, 3.05) is 6.61 Å². The maximum atomic E-state index is 11.7. The number of carboxylic acids is 1. The maximum absolute atomic E-state index is 11.7. The van der Waals surface area contributed by atoms with E-state index in [2.05, 4.69) is 22.6 Å². The van der Waals surface area contributed by atoms with E-state index in [0.29, 0.717) is 12.2 Å². The largest absolute Gasteiger partial charge is 0.478 e. The number of carbonyl (C=O) groups is 2. The summed E-state index contributed by atoms with van der Waals surface area (Å²) >= 11 is 3.61. The lowest BCUT2D eigenvalue weighted by Crippen LogP contribution is -2.06. The Morgan fingerprint density at radius 3 is 2.32 bits per heavy atom. The predicted molar refractivity (Wildman–Crippen MR) is 92.6 cm³/mol. The fraction of sp³-hybridized carbons (Fsp3) is 0.125. The van der Waals surface area contributed by atoms with Crippen molar-refractivity contribution in [3.05, 3.63) is 57.2 Å². The molecule has 0 heterocycles. The average molecular weight is 428 g/mol. The van der Waals surface area contributed by atoms with Gasteiger partial charge in [0.05, 0.1) is 17.7 Å². The summed E-state index contributed by atoms with van der Waals surface area (Å²) < 4.78 is 5.82. The van der Waals surface area contributed by atoms with Gasteiger partial charge in [-0.05, 0) is 72.0 Å². The van der Waals surface area contributed by atoms with Crippen molar-refractivity contribution in [2.24, 2.45) is 0 Å². The van der Waals surface area contributed by atoms with Gasteiger partial charge in [0.15, 0.2) is 0 Å². The SMILES string of the molecule is CCOC(=O)c1ccc(Sc2ccc(C(=O)O)cc2)cc1I. The second kappa shape index (κ2) is 7.64. The number of hydrogen-bond acceptors (Lipinski definition) is 4. The minimum Gasteiger partial charge on any atom is -0.478 e. The number of rotatable bonds is 5. The number of carbonyl (C=O) groups excluding carboxylic acids is 1. The Bertz CT molecular complexity index is 698. The molecule has 0 spiro atoms. The molecule has 1 N–H and O–H groups in total. The maximum Gasteiger partial charge on any atom is 0.339 e. The van der Waals surface area contributed by atoms with E-state index >= 15 is 0 Å². The molecule has 0 aliphatic carbocycles. The van der Waals surface area contributed by atoms with Gasteiger partial charge in [0, 0.05) is 13.4 Å². The molecule has 0 aliphatic rings. The van der Waals surface area contributed by atoms with Gasteiger partial charge in [-0.15, -0.1) is 0 Å². The molecule has 0 radical (unpaired) electrons. The van der Waals surface area contributed by atoms with Crippen LogP contribution in [0.25, 0.3) is 0 Å². The molecule has 0 amide bonds. The van der Waals surface area contributed by atoms with Gasteiger partial charge in [-0.1, -0.05) is 11.8 Å². The molecule has 0 aromatic heterocycles. The summed E-state index contributed by atoms with van der Waals surface area (Å²) in [6.45, 7) is 2.12. The van der Waals surface area contributed by atoms with E-state index in [-0.39, 0.29) is 11.5 Å². The third kappa shape index (κ3) is 4.23. The summed E-state index contributed by atoms with van der Waals surface area (Å²) in [5.41, 5.74) is 0.810. The molecular weight excluding hydrogens is 415 g/mol. The number of aromatic carboxylic acids is 1. The monoisotopic (exact) mass is 428 g/mol. The predicted octanol–water partition coefficient (Wildman–Crippen LogP) is 4.32. The molecule has 0 fully saturated rings. The highest BCUT2D eigenvalue weighted by atomic mass is 127. The first-order valence-electron chi connectivity index (χ1n) is 6.49. The van der Waals surface area contributed by atoms with E-state index in [1.807, 2.05) is 12.1 Å². The lowest BCUT2D eigenvalue weighted by molar-refractivity contribution is 0.0524. The fourth-order valence-electron chi connectivity index (χ4n) is 1.74. The normalized spacial score (nSPS) is 10.3. The lowest BCUT2D eigenvalue weighted by atomic mass is 10.2. The Morgan fingerprint density at radius 2 is 1.77 bits per heavy atom. The zero-order valence-electron chi connectivity index (χ0n) is 11.7. The molecule has 0 atom stereocenters. The van der Waals surface area contributed by atoms with E-state index in [0.717, 1.165) is 13.4 Å². The summed E-state index contributed by atoms with van der Waals surface area (Å²) in [6, 6.07) is 12.2. The molecule has 2 aromatic rings. The third-order valence-electron chi connectivity index (χ3n) is 2.77. The molecule has 2 aromatic carbocycles. The van der Waals surface area contributed by atoms with E-state index in [1.165, 1.54) is 11.8 Å². The van der Waals surface area contributed by atoms with Crippen LogP contribution in [0.5, 0.6) is 0 Å². The Labute approximate surface area is 146 Å². The van der Waals surface area contributed by atoms with Gasteiger partial charge >= 0.3 is 11.9 Å². The van der Waals surface area contributed by atoms with Crippen LogP contribution in [0.4, 0.5) is 0 Å². The van der Waals surface area contributed by atoms with Crippen LogP contribution < -0.4 is 0 Å². The molecule has 0 saturated heterocycles. The number of carboxylic acid groups (broad SMARTS) is 1. The van der Waals surface area contributed by atoms with Crippen LogP contribution in [0.15, 0.2) is 52.3 Å². The van der Waals surface area contributed by atoms with Gasteiger partial charge < -0.3 is 9.84 Å². The summed E-state index contributed by atoms with van der Waals surface area (Å²) in [5.74, 6) is -1.26.